The molecule has 1 fully saturated rings. The van der Waals surface area contributed by atoms with Crippen LogP contribution in [0.25, 0.3) is 0 Å². The Hall–Kier alpha value is -3.48. The van der Waals surface area contributed by atoms with Gasteiger partial charge in [0.1, 0.15) is 17.3 Å². The molecule has 0 bridgehead atoms. The summed E-state index contributed by atoms with van der Waals surface area (Å²) < 4.78 is 61.9. The summed E-state index contributed by atoms with van der Waals surface area (Å²) in [6.45, 7) is 3.73. The van der Waals surface area contributed by atoms with E-state index in [0.717, 1.165) is 5.56 Å². The second kappa shape index (κ2) is 13.5. The van der Waals surface area contributed by atoms with E-state index >= 15 is 0 Å². The quantitative estimate of drug-likeness (QED) is 0.275. The molecule has 1 aliphatic rings. The highest BCUT2D eigenvalue weighted by Crippen LogP contribution is 2.48. The maximum Gasteiger partial charge on any atom is 0.203 e. The Morgan fingerprint density at radius 1 is 0.976 bits per heavy atom. The van der Waals surface area contributed by atoms with Crippen LogP contribution in [-0.4, -0.2) is 63.3 Å². The van der Waals surface area contributed by atoms with Crippen LogP contribution in [0.2, 0.25) is 0 Å². The zero-order valence-electron chi connectivity index (χ0n) is 24.0. The summed E-state index contributed by atoms with van der Waals surface area (Å²) in [4.78, 5) is 7.13. The lowest BCUT2D eigenvalue weighted by Gasteiger charge is -2.21. The fraction of sp³-hybridized carbons (Fsp3) is 0.483. The van der Waals surface area contributed by atoms with Gasteiger partial charge in [-0.1, -0.05) is 6.92 Å². The topological polar surface area (TPSA) is 138 Å². The van der Waals surface area contributed by atoms with Crippen LogP contribution in [0.3, 0.4) is 0 Å². The summed E-state index contributed by atoms with van der Waals surface area (Å²) in [5.41, 5.74) is 1.48. The molecule has 4 rings (SSSR count). The van der Waals surface area contributed by atoms with Crippen LogP contribution < -0.4 is 23.7 Å². The maximum absolute atomic E-state index is 13.5. The second-order valence-electron chi connectivity index (χ2n) is 9.80. The highest BCUT2D eigenvalue weighted by molar-refractivity contribution is 7.91. The van der Waals surface area contributed by atoms with E-state index in [1.54, 1.807) is 45.9 Å². The van der Waals surface area contributed by atoms with Crippen LogP contribution in [-0.2, 0) is 21.2 Å². The van der Waals surface area contributed by atoms with Crippen LogP contribution in [0.4, 0.5) is 0 Å². The van der Waals surface area contributed by atoms with Crippen molar-refractivity contribution < 1.29 is 41.9 Å². The third-order valence-corrected chi connectivity index (χ3v) is 8.55. The van der Waals surface area contributed by atoms with Crippen molar-refractivity contribution in [2.45, 2.75) is 62.9 Å². The third kappa shape index (κ3) is 7.06. The first kappa shape index (κ1) is 30.5. The number of sulfone groups is 1. The van der Waals surface area contributed by atoms with Gasteiger partial charge in [0.25, 0.3) is 0 Å². The lowest BCUT2D eigenvalue weighted by molar-refractivity contribution is 0.0434. The van der Waals surface area contributed by atoms with Gasteiger partial charge in [-0.2, -0.15) is 0 Å². The second-order valence-corrected chi connectivity index (χ2v) is 11.8. The largest absolute Gasteiger partial charge is 0.493 e. The molecule has 3 atom stereocenters. The summed E-state index contributed by atoms with van der Waals surface area (Å²) in [7, 11) is 0.720. The zero-order valence-corrected chi connectivity index (χ0v) is 24.8. The van der Waals surface area contributed by atoms with Crippen LogP contribution in [0, 0.1) is 0 Å². The molecule has 224 valence electrons. The molecular weight excluding hydrogens is 552 g/mol. The number of nitrogens with zero attached hydrogens (tertiary/aromatic N) is 1. The number of aliphatic hydroxyl groups is 1. The lowest BCUT2D eigenvalue weighted by Crippen LogP contribution is -2.19. The highest BCUT2D eigenvalue weighted by Gasteiger charge is 2.33. The van der Waals surface area contributed by atoms with Crippen molar-refractivity contribution in [3.8, 4) is 28.7 Å². The molecule has 3 aromatic rings. The van der Waals surface area contributed by atoms with Gasteiger partial charge in [0.05, 0.1) is 52.0 Å². The van der Waals surface area contributed by atoms with Crippen molar-refractivity contribution in [2.24, 2.45) is 0 Å². The smallest absolute Gasteiger partial charge is 0.203 e. The molecular formula is C29H38N2O9S. The van der Waals surface area contributed by atoms with E-state index in [1.807, 2.05) is 19.1 Å². The molecule has 11 nitrogen and oxygen atoms in total. The summed E-state index contributed by atoms with van der Waals surface area (Å²) in [6, 6.07) is 7.04. The molecule has 41 heavy (non-hydrogen) atoms. The number of imidazole rings is 1. The summed E-state index contributed by atoms with van der Waals surface area (Å²) in [5, 5.41) is 9.96. The normalized spacial score (nSPS) is 17.7. The van der Waals surface area contributed by atoms with Crippen molar-refractivity contribution in [1.82, 2.24) is 9.97 Å². The monoisotopic (exact) mass is 590 g/mol. The van der Waals surface area contributed by atoms with Crippen LogP contribution >= 0.6 is 0 Å². The van der Waals surface area contributed by atoms with Gasteiger partial charge in [0, 0.05) is 12.4 Å². The van der Waals surface area contributed by atoms with Gasteiger partial charge in [-0.15, -0.1) is 0 Å². The fourth-order valence-electron chi connectivity index (χ4n) is 4.81. The van der Waals surface area contributed by atoms with E-state index in [2.05, 4.69) is 9.97 Å². The Balaban J connectivity index is 1.73. The van der Waals surface area contributed by atoms with E-state index in [4.69, 9.17) is 28.4 Å². The van der Waals surface area contributed by atoms with Gasteiger partial charge in [0.2, 0.25) is 5.75 Å². The van der Waals surface area contributed by atoms with E-state index < -0.39 is 27.8 Å². The molecule has 1 aromatic heterocycles. The van der Waals surface area contributed by atoms with Crippen LogP contribution in [0.15, 0.2) is 41.6 Å². The van der Waals surface area contributed by atoms with E-state index in [-0.39, 0.29) is 35.7 Å². The van der Waals surface area contributed by atoms with Crippen molar-refractivity contribution in [3.63, 3.8) is 0 Å². The standard InChI is InChI=1S/C29H38N2O9S/c1-6-11-38-29-25(39-16-27-30-9-10-31-27)14-20(15-26(29)41(33,34)17-18(2)32)22-8-7-21(40-22)19-12-23(35-3)28(37-5)24(13-19)36-4/h9-10,12-15,18,21-22,32H,6-8,11,16-17H2,1-5H3,(H,30,31)/t18?,21-,22-/m0/s1. The number of aromatic amines is 1. The minimum atomic E-state index is -3.94. The first-order valence-electron chi connectivity index (χ1n) is 13.5. The summed E-state index contributed by atoms with van der Waals surface area (Å²) in [6.07, 6.45) is 3.47. The molecule has 0 amide bonds. The highest BCUT2D eigenvalue weighted by atomic mass is 32.2. The number of aliphatic hydroxyl groups excluding tert-OH is 1. The van der Waals surface area contributed by atoms with Crippen molar-refractivity contribution in [1.29, 1.82) is 0 Å². The average Bonchev–Trinajstić information content (AvgIpc) is 3.66. The van der Waals surface area contributed by atoms with E-state index in [1.165, 1.54) is 6.92 Å². The number of H-pyrrole nitrogens is 1. The first-order chi connectivity index (χ1) is 19.7. The molecule has 1 unspecified atom stereocenters. The molecule has 2 heterocycles. The molecule has 0 aliphatic carbocycles. The predicted octanol–water partition coefficient (Wildman–Crippen LogP) is 4.55. The minimum absolute atomic E-state index is 0.0429. The van der Waals surface area contributed by atoms with Gasteiger partial charge in [-0.05, 0) is 61.6 Å². The molecule has 2 N–H and O–H groups in total. The number of methoxy groups -OCH3 is 3. The SMILES string of the molecule is CCCOc1c(OCc2ncc[nH]2)cc([C@@H]2CC[C@@H](c3cc(OC)c(OC)c(OC)c3)O2)cc1S(=O)(=O)CC(C)O. The summed E-state index contributed by atoms with van der Waals surface area (Å²) in [5.74, 6) is 2.01. The van der Waals surface area contributed by atoms with Gasteiger partial charge >= 0.3 is 0 Å². The molecule has 0 radical (unpaired) electrons. The number of aromatic nitrogens is 2. The van der Waals surface area contributed by atoms with Crippen molar-refractivity contribution in [2.75, 3.05) is 33.7 Å². The Kier molecular flexibility index (Phi) is 10.0. The van der Waals surface area contributed by atoms with E-state index in [0.29, 0.717) is 47.9 Å². The predicted molar refractivity (Wildman–Crippen MR) is 151 cm³/mol. The first-order valence-corrected chi connectivity index (χ1v) is 15.1. The molecule has 0 saturated carbocycles. The average molecular weight is 591 g/mol. The Labute approximate surface area is 240 Å². The molecule has 0 spiro atoms. The molecule has 2 aromatic carbocycles. The number of rotatable bonds is 14. The molecule has 1 aliphatic heterocycles. The summed E-state index contributed by atoms with van der Waals surface area (Å²) >= 11 is 0. The number of ether oxygens (including phenoxy) is 6. The van der Waals surface area contributed by atoms with Gasteiger partial charge in [-0.25, -0.2) is 13.4 Å². The lowest BCUT2D eigenvalue weighted by atomic mass is 10.0. The number of nitrogens with one attached hydrogen (secondary N) is 1. The van der Waals surface area contributed by atoms with E-state index in [9.17, 15) is 13.5 Å². The van der Waals surface area contributed by atoms with Crippen molar-refractivity contribution in [3.05, 3.63) is 53.6 Å². The maximum atomic E-state index is 13.5. The van der Waals surface area contributed by atoms with Crippen molar-refractivity contribution >= 4 is 9.84 Å². The van der Waals surface area contributed by atoms with Gasteiger partial charge < -0.3 is 38.5 Å². The Morgan fingerprint density at radius 2 is 1.61 bits per heavy atom. The minimum Gasteiger partial charge on any atom is -0.493 e. The van der Waals surface area contributed by atoms with Gasteiger partial charge in [0.15, 0.2) is 32.8 Å². The molecule has 1 saturated heterocycles. The van der Waals surface area contributed by atoms with Crippen LogP contribution in [0.1, 0.15) is 62.3 Å². The Morgan fingerprint density at radius 3 is 2.15 bits per heavy atom. The number of hydrogen-bond donors (Lipinski definition) is 2. The number of benzene rings is 2. The number of hydrogen-bond acceptors (Lipinski definition) is 10. The Bertz CT molecular complexity index is 1380. The third-order valence-electron chi connectivity index (χ3n) is 6.66. The molecule has 12 heteroatoms. The van der Waals surface area contributed by atoms with Crippen LogP contribution in [0.5, 0.6) is 28.7 Å². The van der Waals surface area contributed by atoms with Gasteiger partial charge in [-0.3, -0.25) is 0 Å². The zero-order chi connectivity index (χ0) is 29.6. The fourth-order valence-corrected chi connectivity index (χ4v) is 6.38.